The van der Waals surface area contributed by atoms with E-state index in [4.69, 9.17) is 46.8 Å². The van der Waals surface area contributed by atoms with Crippen LogP contribution in [-0.2, 0) is 0 Å². The van der Waals surface area contributed by atoms with Crippen LogP contribution in [0.5, 0.6) is 0 Å². The van der Waals surface area contributed by atoms with Crippen molar-refractivity contribution in [2.24, 2.45) is 0 Å². The smallest absolute Gasteiger partial charge is 0.0754 e. The molecule has 0 aromatic heterocycles. The number of hydrogen-bond donors (Lipinski definition) is 0. The lowest BCUT2D eigenvalue weighted by Crippen LogP contribution is -1.95. The first-order valence-electron chi connectivity index (χ1n) is 3.10. The highest BCUT2D eigenvalue weighted by Gasteiger charge is 2.09. The van der Waals surface area contributed by atoms with Crippen LogP contribution in [0.4, 0.5) is 5.69 Å². The van der Waals surface area contributed by atoms with Gasteiger partial charge in [-0.3, -0.25) is 0 Å². The highest BCUT2D eigenvalue weighted by atomic mass is 35.5. The largest absolute Gasteiger partial charge is 0.194 e. The number of nitrogens with zero attached hydrogens (tertiary/aromatic N) is 1. The lowest BCUT2D eigenvalue weighted by Gasteiger charge is -2.10. The third kappa shape index (κ3) is 1.91. The van der Waals surface area contributed by atoms with Crippen molar-refractivity contribution in [1.82, 2.24) is 0 Å². The van der Waals surface area contributed by atoms with Crippen LogP contribution in [0.3, 0.4) is 0 Å². The third-order valence-corrected chi connectivity index (χ3v) is 2.76. The van der Waals surface area contributed by atoms with Gasteiger partial charge < -0.3 is 0 Å². The first-order chi connectivity index (χ1) is 5.54. The van der Waals surface area contributed by atoms with Gasteiger partial charge in [0.25, 0.3) is 0 Å². The van der Waals surface area contributed by atoms with E-state index in [-0.39, 0.29) is 0 Å². The summed E-state index contributed by atoms with van der Waals surface area (Å²) in [7, 11) is 0. The van der Waals surface area contributed by atoms with Crippen molar-refractivity contribution in [1.29, 1.82) is 0 Å². The number of hydrogen-bond acceptors (Lipinski definition) is 1. The topological polar surface area (TPSA) is 3.24 Å². The Balaban J connectivity index is 3.27. The zero-order chi connectivity index (χ0) is 9.30. The predicted molar refractivity (Wildman–Crippen MR) is 55.4 cm³/mol. The fourth-order valence-electron chi connectivity index (χ4n) is 0.825. The summed E-state index contributed by atoms with van der Waals surface area (Å²) in [6.07, 6.45) is 0. The molecule has 1 aromatic carbocycles. The lowest BCUT2D eigenvalue weighted by atomic mass is 10.2. The SMILES string of the molecule is Cc1c(N(Cl)Cl)ccc(Cl)c1Cl. The molecule has 0 atom stereocenters. The maximum absolute atomic E-state index is 5.85. The molecule has 0 N–H and O–H groups in total. The fourth-order valence-corrected chi connectivity index (χ4v) is 1.56. The van der Waals surface area contributed by atoms with Gasteiger partial charge in [-0.05, 0) is 24.6 Å². The van der Waals surface area contributed by atoms with E-state index in [9.17, 15) is 0 Å². The van der Waals surface area contributed by atoms with E-state index in [0.717, 1.165) is 9.50 Å². The Kier molecular flexibility index (Phi) is 3.36. The van der Waals surface area contributed by atoms with Crippen LogP contribution in [0.2, 0.25) is 10.0 Å². The molecule has 0 fully saturated rings. The van der Waals surface area contributed by atoms with Gasteiger partial charge in [0.2, 0.25) is 0 Å². The van der Waals surface area contributed by atoms with Crippen LogP contribution in [0.25, 0.3) is 0 Å². The van der Waals surface area contributed by atoms with Gasteiger partial charge in [0.15, 0.2) is 0 Å². The standard InChI is InChI=1S/C7H5Cl4N/c1-4-6(12(10)11)3-2-5(8)7(4)9/h2-3H,1H3. The van der Waals surface area contributed by atoms with E-state index in [1.165, 1.54) is 0 Å². The second-order valence-corrected chi connectivity index (χ2v) is 3.87. The summed E-state index contributed by atoms with van der Waals surface area (Å²) in [6.45, 7) is 1.79. The number of halogens is 4. The zero-order valence-corrected chi connectivity index (χ0v) is 9.14. The van der Waals surface area contributed by atoms with Crippen molar-refractivity contribution >= 4 is 52.4 Å². The Labute approximate surface area is 91.0 Å². The van der Waals surface area contributed by atoms with Crippen molar-refractivity contribution in [3.05, 3.63) is 27.7 Å². The van der Waals surface area contributed by atoms with Crippen LogP contribution in [-0.4, -0.2) is 0 Å². The van der Waals surface area contributed by atoms with Crippen LogP contribution in [0.1, 0.15) is 5.56 Å². The molecular formula is C7H5Cl4N. The Morgan fingerprint density at radius 3 is 2.25 bits per heavy atom. The highest BCUT2D eigenvalue weighted by Crippen LogP contribution is 2.34. The summed E-state index contributed by atoms with van der Waals surface area (Å²) < 4.78 is 0.956. The fraction of sp³-hybridized carbons (Fsp3) is 0.143. The lowest BCUT2D eigenvalue weighted by molar-refractivity contribution is 1.43. The molecule has 0 amide bonds. The molecule has 0 aliphatic heterocycles. The summed E-state index contributed by atoms with van der Waals surface area (Å²) in [6, 6.07) is 3.34. The molecule has 0 heterocycles. The first-order valence-corrected chi connectivity index (χ1v) is 4.53. The Morgan fingerprint density at radius 2 is 1.75 bits per heavy atom. The minimum Gasteiger partial charge on any atom is -0.194 e. The maximum atomic E-state index is 5.85. The normalized spacial score (nSPS) is 10.1. The highest BCUT2D eigenvalue weighted by molar-refractivity contribution is 6.50. The Hall–Kier alpha value is 0.180. The second kappa shape index (κ2) is 3.93. The number of benzene rings is 1. The van der Waals surface area contributed by atoms with Crippen molar-refractivity contribution in [2.45, 2.75) is 6.92 Å². The number of anilines is 1. The quantitative estimate of drug-likeness (QED) is 0.662. The average Bonchev–Trinajstić information content (AvgIpc) is 2.00. The van der Waals surface area contributed by atoms with Gasteiger partial charge in [-0.1, -0.05) is 23.2 Å². The van der Waals surface area contributed by atoms with Gasteiger partial charge in [-0.2, -0.15) is 3.94 Å². The summed E-state index contributed by atoms with van der Waals surface area (Å²) in [5.41, 5.74) is 1.39. The summed E-state index contributed by atoms with van der Waals surface area (Å²) in [4.78, 5) is 0. The van der Waals surface area contributed by atoms with Crippen LogP contribution < -0.4 is 3.94 Å². The van der Waals surface area contributed by atoms with Crippen molar-refractivity contribution in [2.75, 3.05) is 3.94 Å². The molecular weight excluding hydrogens is 240 g/mol. The molecule has 1 rings (SSSR count). The molecule has 0 spiro atoms. The molecule has 0 aliphatic rings. The Morgan fingerprint density at radius 1 is 1.17 bits per heavy atom. The monoisotopic (exact) mass is 243 g/mol. The molecule has 0 saturated heterocycles. The molecule has 0 bridgehead atoms. The molecule has 0 aliphatic carbocycles. The van der Waals surface area contributed by atoms with Crippen LogP contribution in [0, 0.1) is 6.92 Å². The van der Waals surface area contributed by atoms with Gasteiger partial charge in [-0.15, -0.1) is 0 Å². The minimum absolute atomic E-state index is 0.473. The molecule has 0 unspecified atom stereocenters. The van der Waals surface area contributed by atoms with E-state index in [1.807, 2.05) is 0 Å². The van der Waals surface area contributed by atoms with Crippen LogP contribution >= 0.6 is 46.8 Å². The van der Waals surface area contributed by atoms with E-state index < -0.39 is 0 Å². The van der Waals surface area contributed by atoms with E-state index in [1.54, 1.807) is 19.1 Å². The average molecular weight is 245 g/mol. The predicted octanol–water partition coefficient (Wildman–Crippen LogP) is 4.42. The summed E-state index contributed by atoms with van der Waals surface area (Å²) in [5.74, 6) is 0. The molecule has 66 valence electrons. The van der Waals surface area contributed by atoms with Crippen molar-refractivity contribution in [3.63, 3.8) is 0 Å². The van der Waals surface area contributed by atoms with Gasteiger partial charge in [0, 0.05) is 23.6 Å². The van der Waals surface area contributed by atoms with Crippen LogP contribution in [0.15, 0.2) is 12.1 Å². The molecule has 0 radical (unpaired) electrons. The zero-order valence-electron chi connectivity index (χ0n) is 6.11. The van der Waals surface area contributed by atoms with Gasteiger partial charge in [0.05, 0.1) is 15.7 Å². The van der Waals surface area contributed by atoms with E-state index in [0.29, 0.717) is 15.7 Å². The van der Waals surface area contributed by atoms with Gasteiger partial charge in [0.1, 0.15) is 0 Å². The van der Waals surface area contributed by atoms with E-state index >= 15 is 0 Å². The van der Waals surface area contributed by atoms with Gasteiger partial charge >= 0.3 is 0 Å². The first kappa shape index (κ1) is 10.3. The molecule has 1 nitrogen and oxygen atoms in total. The maximum Gasteiger partial charge on any atom is 0.0754 e. The van der Waals surface area contributed by atoms with Crippen molar-refractivity contribution in [3.8, 4) is 0 Å². The molecule has 5 heteroatoms. The molecule has 12 heavy (non-hydrogen) atoms. The Bertz CT molecular complexity index is 298. The van der Waals surface area contributed by atoms with E-state index in [2.05, 4.69) is 0 Å². The van der Waals surface area contributed by atoms with Gasteiger partial charge in [-0.25, -0.2) is 0 Å². The second-order valence-electron chi connectivity index (χ2n) is 2.24. The third-order valence-electron chi connectivity index (χ3n) is 1.49. The molecule has 1 aromatic rings. The number of rotatable bonds is 1. The summed E-state index contributed by atoms with van der Waals surface area (Å²) >= 11 is 22.7. The van der Waals surface area contributed by atoms with Crippen molar-refractivity contribution < 1.29 is 0 Å². The molecule has 0 saturated carbocycles. The summed E-state index contributed by atoms with van der Waals surface area (Å²) in [5, 5.41) is 0.966. The minimum atomic E-state index is 0.473.